The predicted molar refractivity (Wildman–Crippen MR) is 89.2 cm³/mol. The van der Waals surface area contributed by atoms with Gasteiger partial charge in [-0.15, -0.1) is 0 Å². The molecule has 0 unspecified atom stereocenters. The van der Waals surface area contributed by atoms with E-state index in [1.807, 2.05) is 0 Å². The maximum Gasteiger partial charge on any atom is 0.187 e. The summed E-state index contributed by atoms with van der Waals surface area (Å²) < 4.78 is 23.8. The van der Waals surface area contributed by atoms with E-state index < -0.39 is 0 Å². The second-order valence-electron chi connectivity index (χ2n) is 4.99. The molecule has 3 aromatic rings. The summed E-state index contributed by atoms with van der Waals surface area (Å²) in [5.74, 6) is 0.712. The number of hydrogen-bond donors (Lipinski definition) is 1. The van der Waals surface area contributed by atoms with Crippen molar-refractivity contribution in [3.8, 4) is 17.6 Å². The molecule has 0 spiro atoms. The SMILES string of the molecule is COc1ccc2c(Nc3ccc(F)cc3)c(C#N)cnc2c1OC. The highest BCUT2D eigenvalue weighted by molar-refractivity contribution is 5.99. The van der Waals surface area contributed by atoms with Crippen molar-refractivity contribution < 1.29 is 13.9 Å². The van der Waals surface area contributed by atoms with E-state index in [0.29, 0.717) is 39.3 Å². The largest absolute Gasteiger partial charge is 0.493 e. The van der Waals surface area contributed by atoms with Crippen LogP contribution in [-0.2, 0) is 0 Å². The molecular formula is C18H14FN3O2. The number of halogens is 1. The number of rotatable bonds is 4. The fraction of sp³-hybridized carbons (Fsp3) is 0.111. The summed E-state index contributed by atoms with van der Waals surface area (Å²) in [7, 11) is 3.08. The van der Waals surface area contributed by atoms with Gasteiger partial charge in [-0.25, -0.2) is 4.39 Å². The average molecular weight is 323 g/mol. The monoisotopic (exact) mass is 323 g/mol. The second kappa shape index (κ2) is 6.42. The van der Waals surface area contributed by atoms with Gasteiger partial charge in [0, 0.05) is 17.3 Å². The topological polar surface area (TPSA) is 67.2 Å². The Hall–Kier alpha value is -3.33. The molecule has 0 radical (unpaired) electrons. The van der Waals surface area contributed by atoms with Gasteiger partial charge in [-0.3, -0.25) is 4.98 Å². The van der Waals surface area contributed by atoms with Crippen LogP contribution < -0.4 is 14.8 Å². The van der Waals surface area contributed by atoms with Crippen LogP contribution in [-0.4, -0.2) is 19.2 Å². The van der Waals surface area contributed by atoms with E-state index in [2.05, 4.69) is 16.4 Å². The Balaban J connectivity index is 2.21. The predicted octanol–water partition coefficient (Wildman–Crippen LogP) is 4.01. The molecule has 0 aliphatic carbocycles. The Labute approximate surface area is 138 Å². The third-order valence-corrected chi connectivity index (χ3v) is 3.61. The van der Waals surface area contributed by atoms with Gasteiger partial charge in [0.05, 0.1) is 25.5 Å². The lowest BCUT2D eigenvalue weighted by atomic mass is 10.1. The molecule has 0 bridgehead atoms. The van der Waals surface area contributed by atoms with Crippen molar-refractivity contribution in [3.63, 3.8) is 0 Å². The van der Waals surface area contributed by atoms with Crippen LogP contribution in [0.1, 0.15) is 5.56 Å². The van der Waals surface area contributed by atoms with Gasteiger partial charge in [0.2, 0.25) is 0 Å². The number of fused-ring (bicyclic) bond motifs is 1. The number of nitrogens with one attached hydrogen (secondary N) is 1. The number of ether oxygens (including phenoxy) is 2. The van der Waals surface area contributed by atoms with Gasteiger partial charge < -0.3 is 14.8 Å². The Morgan fingerprint density at radius 2 is 1.83 bits per heavy atom. The van der Waals surface area contributed by atoms with Crippen molar-refractivity contribution in [2.24, 2.45) is 0 Å². The Morgan fingerprint density at radius 3 is 2.46 bits per heavy atom. The lowest BCUT2D eigenvalue weighted by Crippen LogP contribution is -1.99. The first-order chi connectivity index (χ1) is 11.7. The highest BCUT2D eigenvalue weighted by atomic mass is 19.1. The molecule has 1 N–H and O–H groups in total. The summed E-state index contributed by atoms with van der Waals surface area (Å²) >= 11 is 0. The summed E-state index contributed by atoms with van der Waals surface area (Å²) in [5, 5.41) is 13.2. The summed E-state index contributed by atoms with van der Waals surface area (Å²) in [5.41, 5.74) is 2.18. The number of nitrogens with zero attached hydrogens (tertiary/aromatic N) is 2. The number of anilines is 2. The number of pyridine rings is 1. The quantitative estimate of drug-likeness (QED) is 0.786. The summed E-state index contributed by atoms with van der Waals surface area (Å²) in [6.45, 7) is 0. The fourth-order valence-corrected chi connectivity index (χ4v) is 2.48. The second-order valence-corrected chi connectivity index (χ2v) is 4.99. The van der Waals surface area contributed by atoms with Gasteiger partial charge in [-0.05, 0) is 36.4 Å². The lowest BCUT2D eigenvalue weighted by Gasteiger charge is -2.15. The molecule has 3 rings (SSSR count). The highest BCUT2D eigenvalue weighted by Crippen LogP contribution is 2.38. The molecular weight excluding hydrogens is 309 g/mol. The molecule has 120 valence electrons. The number of methoxy groups -OCH3 is 2. The molecule has 5 nitrogen and oxygen atoms in total. The van der Waals surface area contributed by atoms with E-state index in [1.54, 1.807) is 31.4 Å². The van der Waals surface area contributed by atoms with Gasteiger partial charge in [-0.1, -0.05) is 0 Å². The first kappa shape index (κ1) is 15.6. The maximum atomic E-state index is 13.1. The van der Waals surface area contributed by atoms with E-state index in [0.717, 1.165) is 0 Å². The summed E-state index contributed by atoms with van der Waals surface area (Å²) in [6, 6.07) is 11.6. The Morgan fingerprint density at radius 1 is 1.08 bits per heavy atom. The molecule has 0 saturated heterocycles. The zero-order valence-corrected chi connectivity index (χ0v) is 13.1. The molecule has 1 heterocycles. The van der Waals surface area contributed by atoms with Crippen molar-refractivity contribution in [3.05, 3.63) is 54.0 Å². The molecule has 0 aliphatic rings. The number of aromatic nitrogens is 1. The third kappa shape index (κ3) is 2.68. The number of hydrogen-bond acceptors (Lipinski definition) is 5. The van der Waals surface area contributed by atoms with E-state index >= 15 is 0 Å². The minimum atomic E-state index is -0.327. The molecule has 6 heteroatoms. The third-order valence-electron chi connectivity index (χ3n) is 3.61. The smallest absolute Gasteiger partial charge is 0.187 e. The standard InChI is InChI=1S/C18H14FN3O2/c1-23-15-8-7-14-16(22-13-5-3-12(19)4-6-13)11(9-20)10-21-17(14)18(15)24-2/h3-8,10H,1-2H3,(H,21,22). The Bertz CT molecular complexity index is 934. The van der Waals surface area contributed by atoms with Crippen LogP contribution in [0.5, 0.6) is 11.5 Å². The first-order valence-corrected chi connectivity index (χ1v) is 7.14. The van der Waals surface area contributed by atoms with Crippen LogP contribution in [0.3, 0.4) is 0 Å². The minimum absolute atomic E-state index is 0.327. The van der Waals surface area contributed by atoms with Crippen molar-refractivity contribution in [2.45, 2.75) is 0 Å². The van der Waals surface area contributed by atoms with Gasteiger partial charge >= 0.3 is 0 Å². The van der Waals surface area contributed by atoms with Crippen molar-refractivity contribution in [1.82, 2.24) is 4.98 Å². The summed E-state index contributed by atoms with van der Waals surface area (Å²) in [6.07, 6.45) is 1.47. The summed E-state index contributed by atoms with van der Waals surface area (Å²) in [4.78, 5) is 4.32. The van der Waals surface area contributed by atoms with E-state index in [9.17, 15) is 9.65 Å². The fourth-order valence-electron chi connectivity index (χ4n) is 2.48. The van der Waals surface area contributed by atoms with Crippen LogP contribution in [0, 0.1) is 17.1 Å². The minimum Gasteiger partial charge on any atom is -0.493 e. The molecule has 0 saturated carbocycles. The van der Waals surface area contributed by atoms with Crippen molar-refractivity contribution in [2.75, 3.05) is 19.5 Å². The first-order valence-electron chi connectivity index (χ1n) is 7.14. The van der Waals surface area contributed by atoms with Crippen molar-refractivity contribution in [1.29, 1.82) is 5.26 Å². The van der Waals surface area contributed by atoms with Gasteiger partial charge in [0.15, 0.2) is 11.5 Å². The molecule has 24 heavy (non-hydrogen) atoms. The number of benzene rings is 2. The van der Waals surface area contributed by atoms with Crippen LogP contribution in [0.25, 0.3) is 10.9 Å². The van der Waals surface area contributed by atoms with E-state index in [4.69, 9.17) is 9.47 Å². The molecule has 1 aromatic heterocycles. The zero-order valence-electron chi connectivity index (χ0n) is 13.1. The van der Waals surface area contributed by atoms with E-state index in [1.165, 1.54) is 25.4 Å². The van der Waals surface area contributed by atoms with Crippen LogP contribution in [0.15, 0.2) is 42.6 Å². The van der Waals surface area contributed by atoms with Crippen molar-refractivity contribution >= 4 is 22.3 Å². The van der Waals surface area contributed by atoms with Gasteiger partial charge in [-0.2, -0.15) is 5.26 Å². The van der Waals surface area contributed by atoms with Crippen LogP contribution >= 0.6 is 0 Å². The highest BCUT2D eigenvalue weighted by Gasteiger charge is 2.16. The molecule has 0 atom stereocenters. The lowest BCUT2D eigenvalue weighted by molar-refractivity contribution is 0.358. The molecule has 0 amide bonds. The van der Waals surface area contributed by atoms with Gasteiger partial charge in [0.25, 0.3) is 0 Å². The van der Waals surface area contributed by atoms with Crippen LogP contribution in [0.2, 0.25) is 0 Å². The van der Waals surface area contributed by atoms with Gasteiger partial charge in [0.1, 0.15) is 17.4 Å². The molecule has 0 aliphatic heterocycles. The maximum absolute atomic E-state index is 13.1. The normalized spacial score (nSPS) is 10.2. The molecule has 2 aromatic carbocycles. The number of nitriles is 1. The van der Waals surface area contributed by atoms with E-state index in [-0.39, 0.29) is 5.82 Å². The van der Waals surface area contributed by atoms with Crippen LogP contribution in [0.4, 0.5) is 15.8 Å². The average Bonchev–Trinajstić information content (AvgIpc) is 2.62. The zero-order chi connectivity index (χ0) is 17.1. The molecule has 0 fully saturated rings. The Kier molecular flexibility index (Phi) is 4.17.